The monoisotopic (exact) mass is 624 g/mol. The number of nitrogens with one attached hydrogen (secondary N) is 3. The van der Waals surface area contributed by atoms with Crippen LogP contribution in [0.2, 0.25) is 0 Å². The highest BCUT2D eigenvalue weighted by molar-refractivity contribution is 6.00. The Morgan fingerprint density at radius 3 is 2.71 bits per heavy atom. The van der Waals surface area contributed by atoms with E-state index in [4.69, 9.17) is 15.7 Å². The SMILES string of the molecule is Cc1c(C(=O)N[C@H](C)C(=O)NC2CC(N)C2)ccc(Nc2nccn3c(-c4cn(CC#N)nc4C(F)(F)F)cnc23)c1OC=O. The van der Waals surface area contributed by atoms with E-state index in [0.717, 1.165) is 10.9 Å². The van der Waals surface area contributed by atoms with E-state index < -0.39 is 23.8 Å². The average molecular weight is 625 g/mol. The predicted octanol–water partition coefficient (Wildman–Crippen LogP) is 2.45. The molecule has 3 aromatic heterocycles. The van der Waals surface area contributed by atoms with E-state index >= 15 is 0 Å². The van der Waals surface area contributed by atoms with Crippen molar-refractivity contribution in [3.8, 4) is 23.1 Å². The number of amides is 2. The molecule has 5 N–H and O–H groups in total. The maximum atomic E-state index is 13.8. The van der Waals surface area contributed by atoms with Gasteiger partial charge in [0, 0.05) is 41.8 Å². The number of halogens is 3. The third kappa shape index (κ3) is 6.26. The molecule has 1 fully saturated rings. The van der Waals surface area contributed by atoms with Crippen LogP contribution in [-0.2, 0) is 22.3 Å². The smallest absolute Gasteiger partial charge is 0.426 e. The number of carbonyl (C=O) groups is 3. The van der Waals surface area contributed by atoms with Gasteiger partial charge in [0.1, 0.15) is 12.6 Å². The molecule has 0 unspecified atom stereocenters. The zero-order valence-electron chi connectivity index (χ0n) is 23.9. The zero-order valence-corrected chi connectivity index (χ0v) is 23.9. The summed E-state index contributed by atoms with van der Waals surface area (Å²) in [4.78, 5) is 45.5. The van der Waals surface area contributed by atoms with E-state index in [-0.39, 0.29) is 76.3 Å². The first-order valence-corrected chi connectivity index (χ1v) is 13.6. The third-order valence-electron chi connectivity index (χ3n) is 7.30. The fourth-order valence-electron chi connectivity index (χ4n) is 4.99. The summed E-state index contributed by atoms with van der Waals surface area (Å²) in [7, 11) is 0. The molecule has 3 heterocycles. The van der Waals surface area contributed by atoms with Crippen LogP contribution in [0.4, 0.5) is 24.7 Å². The molecule has 0 bridgehead atoms. The average Bonchev–Trinajstić information content (AvgIpc) is 3.59. The lowest BCUT2D eigenvalue weighted by Crippen LogP contribution is -2.54. The number of imidazole rings is 1. The number of nitrogens with zero attached hydrogens (tertiary/aromatic N) is 6. The Bertz CT molecular complexity index is 1820. The molecule has 0 saturated heterocycles. The van der Waals surface area contributed by atoms with Crippen molar-refractivity contribution in [2.24, 2.45) is 5.73 Å². The van der Waals surface area contributed by atoms with Gasteiger partial charge in [0.15, 0.2) is 22.9 Å². The molecule has 1 atom stereocenters. The molecule has 45 heavy (non-hydrogen) atoms. The summed E-state index contributed by atoms with van der Waals surface area (Å²) in [5.41, 5.74) is 5.03. The third-order valence-corrected chi connectivity index (χ3v) is 7.30. The lowest BCUT2D eigenvalue weighted by Gasteiger charge is -2.33. The minimum Gasteiger partial charge on any atom is -0.426 e. The zero-order chi connectivity index (χ0) is 32.5. The lowest BCUT2D eigenvalue weighted by atomic mass is 9.87. The molecule has 4 aromatic rings. The summed E-state index contributed by atoms with van der Waals surface area (Å²) < 4.78 is 48.8. The highest BCUT2D eigenvalue weighted by Gasteiger charge is 2.38. The van der Waals surface area contributed by atoms with Crippen LogP contribution in [-0.4, -0.2) is 60.6 Å². The largest absolute Gasteiger partial charge is 0.435 e. The molecule has 5 rings (SSSR count). The van der Waals surface area contributed by atoms with Gasteiger partial charge in [-0.3, -0.25) is 23.5 Å². The van der Waals surface area contributed by atoms with Gasteiger partial charge in [0.05, 0.1) is 29.2 Å². The number of rotatable bonds is 10. The van der Waals surface area contributed by atoms with Crippen LogP contribution in [0, 0.1) is 18.3 Å². The fourth-order valence-corrected chi connectivity index (χ4v) is 4.99. The summed E-state index contributed by atoms with van der Waals surface area (Å²) in [6, 6.07) is 3.81. The number of carbonyl (C=O) groups excluding carboxylic acids is 3. The summed E-state index contributed by atoms with van der Waals surface area (Å²) in [6.45, 7) is 2.87. The van der Waals surface area contributed by atoms with E-state index in [0.29, 0.717) is 12.8 Å². The van der Waals surface area contributed by atoms with Crippen molar-refractivity contribution in [2.45, 2.75) is 57.5 Å². The number of hydrogen-bond acceptors (Lipinski definition) is 10. The van der Waals surface area contributed by atoms with E-state index in [1.54, 1.807) is 13.0 Å². The van der Waals surface area contributed by atoms with Gasteiger partial charge in [-0.1, -0.05) is 0 Å². The maximum absolute atomic E-state index is 13.8. The van der Waals surface area contributed by atoms with Crippen molar-refractivity contribution in [2.75, 3.05) is 5.32 Å². The lowest BCUT2D eigenvalue weighted by molar-refractivity contribution is -0.141. The Morgan fingerprint density at radius 1 is 1.29 bits per heavy atom. The van der Waals surface area contributed by atoms with Crippen molar-refractivity contribution >= 4 is 35.4 Å². The Hall–Kier alpha value is -5.50. The summed E-state index contributed by atoms with van der Waals surface area (Å²) in [5.74, 6) is -0.877. The Balaban J connectivity index is 1.42. The van der Waals surface area contributed by atoms with Gasteiger partial charge in [0.2, 0.25) is 5.91 Å². The van der Waals surface area contributed by atoms with Gasteiger partial charge in [-0.05, 0) is 38.8 Å². The molecule has 14 nitrogen and oxygen atoms in total. The second-order valence-electron chi connectivity index (χ2n) is 10.4. The molecule has 0 radical (unpaired) electrons. The van der Waals surface area contributed by atoms with E-state index in [2.05, 4.69) is 31.0 Å². The van der Waals surface area contributed by atoms with E-state index in [9.17, 15) is 27.6 Å². The van der Waals surface area contributed by atoms with E-state index in [1.165, 1.54) is 42.0 Å². The van der Waals surface area contributed by atoms with Gasteiger partial charge in [-0.2, -0.15) is 23.5 Å². The van der Waals surface area contributed by atoms with Crippen LogP contribution in [0.5, 0.6) is 5.75 Å². The minimum atomic E-state index is -4.80. The van der Waals surface area contributed by atoms with Gasteiger partial charge in [-0.15, -0.1) is 0 Å². The number of anilines is 2. The quantitative estimate of drug-likeness (QED) is 0.190. The Kier molecular flexibility index (Phi) is 8.42. The number of ether oxygens (including phenoxy) is 1. The van der Waals surface area contributed by atoms with Crippen LogP contribution < -0.4 is 26.4 Å². The number of alkyl halides is 3. The minimum absolute atomic E-state index is 0.0223. The number of nitriles is 1. The van der Waals surface area contributed by atoms with Crippen molar-refractivity contribution in [3.05, 3.63) is 53.7 Å². The highest BCUT2D eigenvalue weighted by Crippen LogP contribution is 2.38. The number of aromatic nitrogens is 5. The highest BCUT2D eigenvalue weighted by atomic mass is 19.4. The number of hydrogen-bond donors (Lipinski definition) is 4. The Morgan fingerprint density at radius 2 is 2.04 bits per heavy atom. The molecule has 0 aliphatic heterocycles. The van der Waals surface area contributed by atoms with Crippen LogP contribution in [0.3, 0.4) is 0 Å². The van der Waals surface area contributed by atoms with Crippen molar-refractivity contribution < 1.29 is 32.3 Å². The summed E-state index contributed by atoms with van der Waals surface area (Å²) in [6.07, 6.45) is 1.58. The second-order valence-corrected chi connectivity index (χ2v) is 10.4. The molecular weight excluding hydrogens is 597 g/mol. The first-order chi connectivity index (χ1) is 21.4. The first-order valence-electron chi connectivity index (χ1n) is 13.6. The number of fused-ring (bicyclic) bond motifs is 1. The van der Waals surface area contributed by atoms with Crippen molar-refractivity contribution in [1.29, 1.82) is 5.26 Å². The molecule has 2 amide bonds. The van der Waals surface area contributed by atoms with Crippen LogP contribution in [0.15, 0.2) is 36.9 Å². The Labute approximate surface area is 253 Å². The molecule has 17 heteroatoms. The molecule has 1 aliphatic carbocycles. The summed E-state index contributed by atoms with van der Waals surface area (Å²) >= 11 is 0. The molecule has 1 aromatic carbocycles. The summed E-state index contributed by atoms with van der Waals surface area (Å²) in [5, 5.41) is 20.9. The molecule has 0 spiro atoms. The molecule has 1 aliphatic rings. The van der Waals surface area contributed by atoms with Crippen LogP contribution >= 0.6 is 0 Å². The van der Waals surface area contributed by atoms with E-state index in [1.807, 2.05) is 0 Å². The molecule has 1 saturated carbocycles. The number of nitrogens with two attached hydrogens (primary N) is 1. The van der Waals surface area contributed by atoms with Gasteiger partial charge >= 0.3 is 6.18 Å². The topological polar surface area (TPSA) is 194 Å². The van der Waals surface area contributed by atoms with Gasteiger partial charge in [0.25, 0.3) is 12.4 Å². The first kappa shape index (κ1) is 30.9. The number of benzene rings is 1. The fraction of sp³-hybridized carbons (Fsp3) is 0.321. The normalized spacial score (nSPS) is 16.7. The van der Waals surface area contributed by atoms with Crippen molar-refractivity contribution in [1.82, 2.24) is 34.8 Å². The predicted molar refractivity (Wildman–Crippen MR) is 152 cm³/mol. The van der Waals surface area contributed by atoms with Gasteiger partial charge < -0.3 is 26.4 Å². The molecule has 234 valence electrons. The van der Waals surface area contributed by atoms with Gasteiger partial charge in [-0.25, -0.2) is 9.97 Å². The standard InChI is InChI=1S/C28H27F3N10O4/c1-14-18(27(44)36-15(2)26(43)37-17-9-16(33)10-17)3-4-20(22(14)45-13-42)38-24-25-35-11-21(41(25)8-6-34-24)19-12-40(7-5-32)39-23(19)28(29,30)31/h3-4,6,8,11-13,15-17H,7,9-10,33H2,1-2H3,(H,34,38)(H,36,44)(H,37,43)/t15-,16?,17?/m1/s1. The second kappa shape index (κ2) is 12.2. The maximum Gasteiger partial charge on any atom is 0.435 e. The molecular formula is C28H27F3N10O4. The van der Waals surface area contributed by atoms with Crippen molar-refractivity contribution in [3.63, 3.8) is 0 Å². The van der Waals surface area contributed by atoms with Crippen LogP contribution in [0.1, 0.15) is 41.4 Å². The van der Waals surface area contributed by atoms with Crippen LogP contribution in [0.25, 0.3) is 16.9 Å².